The molecular formula is C14H10BrN3O2S. The Labute approximate surface area is 133 Å². The first-order chi connectivity index (χ1) is 10.2. The van der Waals surface area contributed by atoms with Crippen molar-refractivity contribution in [2.45, 2.75) is 6.42 Å². The Bertz CT molecular complexity index is 738. The van der Waals surface area contributed by atoms with E-state index in [0.29, 0.717) is 12.3 Å². The van der Waals surface area contributed by atoms with Gasteiger partial charge >= 0.3 is 6.01 Å². The van der Waals surface area contributed by atoms with Crippen molar-refractivity contribution < 1.29 is 9.21 Å². The normalized spacial score (nSPS) is 10.5. The van der Waals surface area contributed by atoms with Crippen LogP contribution >= 0.6 is 27.3 Å². The van der Waals surface area contributed by atoms with Crippen molar-refractivity contribution in [3.63, 3.8) is 0 Å². The molecule has 0 radical (unpaired) electrons. The maximum atomic E-state index is 11.8. The molecule has 3 aromatic rings. The summed E-state index contributed by atoms with van der Waals surface area (Å²) in [6, 6.07) is 11.4. The molecule has 21 heavy (non-hydrogen) atoms. The maximum Gasteiger partial charge on any atom is 0.322 e. The SMILES string of the molecule is O=C(Cc1cccs1)Nc1nnc(-c2ccc(Br)cc2)o1. The fourth-order valence-electron chi connectivity index (χ4n) is 1.72. The van der Waals surface area contributed by atoms with E-state index < -0.39 is 0 Å². The van der Waals surface area contributed by atoms with Crippen LogP contribution < -0.4 is 5.32 Å². The third-order valence-electron chi connectivity index (χ3n) is 2.68. The minimum atomic E-state index is -0.177. The Morgan fingerprint density at radius 1 is 1.24 bits per heavy atom. The van der Waals surface area contributed by atoms with Crippen LogP contribution in [0.1, 0.15) is 4.88 Å². The number of amides is 1. The van der Waals surface area contributed by atoms with Crippen molar-refractivity contribution in [3.8, 4) is 11.5 Å². The second-order valence-corrected chi connectivity index (χ2v) is 6.17. The average molecular weight is 364 g/mol. The van der Waals surface area contributed by atoms with Crippen molar-refractivity contribution in [2.75, 3.05) is 5.32 Å². The number of aromatic nitrogens is 2. The van der Waals surface area contributed by atoms with Gasteiger partial charge in [-0.05, 0) is 35.7 Å². The first kappa shape index (κ1) is 14.0. The van der Waals surface area contributed by atoms with Crippen LogP contribution in [0, 0.1) is 0 Å². The number of benzene rings is 1. The summed E-state index contributed by atoms with van der Waals surface area (Å²) < 4.78 is 6.40. The van der Waals surface area contributed by atoms with Gasteiger partial charge in [0.25, 0.3) is 0 Å². The Balaban J connectivity index is 1.67. The van der Waals surface area contributed by atoms with E-state index in [0.717, 1.165) is 14.9 Å². The minimum Gasteiger partial charge on any atom is -0.403 e. The summed E-state index contributed by atoms with van der Waals surface area (Å²) in [7, 11) is 0. The number of rotatable bonds is 4. The molecule has 0 saturated carbocycles. The number of carbonyl (C=O) groups is 1. The summed E-state index contributed by atoms with van der Waals surface area (Å²) in [5.41, 5.74) is 0.796. The molecule has 1 N–H and O–H groups in total. The number of nitrogens with one attached hydrogen (secondary N) is 1. The third kappa shape index (κ3) is 3.56. The van der Waals surface area contributed by atoms with E-state index in [-0.39, 0.29) is 11.9 Å². The van der Waals surface area contributed by atoms with Crippen molar-refractivity contribution in [1.82, 2.24) is 10.2 Å². The highest BCUT2D eigenvalue weighted by atomic mass is 79.9. The molecule has 0 spiro atoms. The van der Waals surface area contributed by atoms with Crippen LogP contribution in [0.4, 0.5) is 6.01 Å². The van der Waals surface area contributed by atoms with Crippen LogP contribution in [0.25, 0.3) is 11.5 Å². The van der Waals surface area contributed by atoms with Gasteiger partial charge in [0.05, 0.1) is 6.42 Å². The topological polar surface area (TPSA) is 68.0 Å². The summed E-state index contributed by atoms with van der Waals surface area (Å²) in [4.78, 5) is 12.8. The molecule has 0 aliphatic rings. The number of nitrogens with zero attached hydrogens (tertiary/aromatic N) is 2. The second kappa shape index (κ2) is 6.19. The fraction of sp³-hybridized carbons (Fsp3) is 0.0714. The molecule has 0 unspecified atom stereocenters. The summed E-state index contributed by atoms with van der Waals surface area (Å²) in [6.07, 6.45) is 0.299. The summed E-state index contributed by atoms with van der Waals surface area (Å²) in [5.74, 6) is 0.192. The first-order valence-corrected chi connectivity index (χ1v) is 7.79. The number of hydrogen-bond acceptors (Lipinski definition) is 5. The zero-order valence-electron chi connectivity index (χ0n) is 10.7. The van der Waals surface area contributed by atoms with E-state index in [2.05, 4.69) is 31.4 Å². The number of thiophene rings is 1. The third-order valence-corrected chi connectivity index (χ3v) is 4.08. The molecule has 1 amide bonds. The van der Waals surface area contributed by atoms with Crippen LogP contribution in [0.15, 0.2) is 50.7 Å². The van der Waals surface area contributed by atoms with Gasteiger partial charge in [-0.15, -0.1) is 16.4 Å². The van der Waals surface area contributed by atoms with Crippen molar-refractivity contribution in [1.29, 1.82) is 0 Å². The maximum absolute atomic E-state index is 11.8. The van der Waals surface area contributed by atoms with Gasteiger partial charge in [0, 0.05) is 14.9 Å². The lowest BCUT2D eigenvalue weighted by atomic mass is 10.2. The largest absolute Gasteiger partial charge is 0.403 e. The van der Waals surface area contributed by atoms with Crippen LogP contribution in [0.3, 0.4) is 0 Å². The van der Waals surface area contributed by atoms with Crippen LogP contribution in [0.2, 0.25) is 0 Å². The molecule has 1 aromatic carbocycles. The van der Waals surface area contributed by atoms with E-state index in [1.807, 2.05) is 41.8 Å². The Morgan fingerprint density at radius 3 is 2.76 bits per heavy atom. The lowest BCUT2D eigenvalue weighted by Crippen LogP contribution is -2.13. The van der Waals surface area contributed by atoms with Crippen LogP contribution in [-0.4, -0.2) is 16.1 Å². The van der Waals surface area contributed by atoms with Gasteiger partial charge in [0.1, 0.15) is 0 Å². The highest BCUT2D eigenvalue weighted by Gasteiger charge is 2.12. The zero-order chi connectivity index (χ0) is 14.7. The molecule has 0 saturated heterocycles. The lowest BCUT2D eigenvalue weighted by molar-refractivity contribution is -0.115. The Hall–Kier alpha value is -1.99. The molecule has 3 rings (SSSR count). The summed E-state index contributed by atoms with van der Waals surface area (Å²) in [6.45, 7) is 0. The van der Waals surface area contributed by atoms with E-state index in [1.165, 1.54) is 11.3 Å². The molecule has 0 atom stereocenters. The predicted octanol–water partition coefficient (Wildman–Crippen LogP) is 3.74. The number of carbonyl (C=O) groups excluding carboxylic acids is 1. The highest BCUT2D eigenvalue weighted by molar-refractivity contribution is 9.10. The number of anilines is 1. The molecule has 2 heterocycles. The molecule has 0 aliphatic heterocycles. The van der Waals surface area contributed by atoms with Crippen LogP contribution in [0.5, 0.6) is 0 Å². The average Bonchev–Trinajstić information content (AvgIpc) is 3.11. The minimum absolute atomic E-state index is 0.106. The van der Waals surface area contributed by atoms with Gasteiger partial charge in [-0.25, -0.2) is 0 Å². The molecular weight excluding hydrogens is 354 g/mol. The molecule has 0 fully saturated rings. The monoisotopic (exact) mass is 363 g/mol. The molecule has 0 bridgehead atoms. The number of hydrogen-bond donors (Lipinski definition) is 1. The first-order valence-electron chi connectivity index (χ1n) is 6.12. The van der Waals surface area contributed by atoms with Gasteiger partial charge in [-0.1, -0.05) is 27.1 Å². The standard InChI is InChI=1S/C14H10BrN3O2S/c15-10-5-3-9(4-6-10)13-17-18-14(20-13)16-12(19)8-11-2-1-7-21-11/h1-7H,8H2,(H,16,18,19). The molecule has 7 heteroatoms. The summed E-state index contributed by atoms with van der Waals surface area (Å²) >= 11 is 4.89. The van der Waals surface area contributed by atoms with Gasteiger partial charge in [-0.3, -0.25) is 10.1 Å². The fourth-order valence-corrected chi connectivity index (χ4v) is 2.69. The van der Waals surface area contributed by atoms with Gasteiger partial charge in [0.2, 0.25) is 11.8 Å². The smallest absolute Gasteiger partial charge is 0.322 e. The zero-order valence-corrected chi connectivity index (χ0v) is 13.1. The van der Waals surface area contributed by atoms with Crippen LogP contribution in [-0.2, 0) is 11.2 Å². The molecule has 5 nitrogen and oxygen atoms in total. The summed E-state index contributed by atoms with van der Waals surface area (Å²) in [5, 5.41) is 12.3. The molecule has 106 valence electrons. The van der Waals surface area contributed by atoms with Gasteiger partial charge in [-0.2, -0.15) is 0 Å². The highest BCUT2D eigenvalue weighted by Crippen LogP contribution is 2.22. The van der Waals surface area contributed by atoms with Crippen molar-refractivity contribution >= 4 is 39.2 Å². The number of halogens is 1. The quantitative estimate of drug-likeness (QED) is 0.766. The van der Waals surface area contributed by atoms with E-state index in [4.69, 9.17) is 4.42 Å². The predicted molar refractivity (Wildman–Crippen MR) is 84.1 cm³/mol. The molecule has 2 aromatic heterocycles. The van der Waals surface area contributed by atoms with Gasteiger partial charge < -0.3 is 4.42 Å². The van der Waals surface area contributed by atoms with E-state index in [9.17, 15) is 4.79 Å². The van der Waals surface area contributed by atoms with E-state index >= 15 is 0 Å². The Morgan fingerprint density at radius 2 is 2.05 bits per heavy atom. The van der Waals surface area contributed by atoms with Crippen molar-refractivity contribution in [2.24, 2.45) is 0 Å². The second-order valence-electron chi connectivity index (χ2n) is 4.22. The van der Waals surface area contributed by atoms with Gasteiger partial charge in [0.15, 0.2) is 0 Å². The Kier molecular flexibility index (Phi) is 4.12. The van der Waals surface area contributed by atoms with Crippen molar-refractivity contribution in [3.05, 3.63) is 51.1 Å². The molecule has 0 aliphatic carbocycles. The van der Waals surface area contributed by atoms with E-state index in [1.54, 1.807) is 0 Å². The lowest BCUT2D eigenvalue weighted by Gasteiger charge is -1.98.